The lowest BCUT2D eigenvalue weighted by atomic mass is 10.3. The summed E-state index contributed by atoms with van der Waals surface area (Å²) >= 11 is 0. The van der Waals surface area contributed by atoms with Gasteiger partial charge in [0.1, 0.15) is 10.7 Å². The van der Waals surface area contributed by atoms with E-state index in [2.05, 4.69) is 10.2 Å². The molecule has 21 heavy (non-hydrogen) atoms. The third-order valence-corrected chi connectivity index (χ3v) is 4.81. The second-order valence-corrected chi connectivity index (χ2v) is 7.76. The monoisotopic (exact) mass is 335 g/mol. The van der Waals surface area contributed by atoms with Gasteiger partial charge < -0.3 is 4.42 Å². The van der Waals surface area contributed by atoms with E-state index in [4.69, 9.17) is 4.42 Å². The number of anilines is 1. The first kappa shape index (κ1) is 15.4. The predicted molar refractivity (Wildman–Crippen MR) is 69.4 cm³/mol. The third kappa shape index (κ3) is 3.36. The van der Waals surface area contributed by atoms with Crippen molar-refractivity contribution in [3.8, 4) is 0 Å². The molecule has 1 N–H and O–H groups in total. The maximum Gasteiger partial charge on any atom is 0.329 e. The Hall–Kier alpha value is -2.01. The number of aromatic nitrogens is 2. The summed E-state index contributed by atoms with van der Waals surface area (Å²) in [6.07, 6.45) is 0.880. The van der Waals surface area contributed by atoms with Crippen LogP contribution in [0.15, 0.2) is 32.4 Å². The van der Waals surface area contributed by atoms with Gasteiger partial charge in [0.15, 0.2) is 9.84 Å². The molecule has 1 heterocycles. The van der Waals surface area contributed by atoms with Crippen molar-refractivity contribution in [3.63, 3.8) is 0 Å². The van der Waals surface area contributed by atoms with Gasteiger partial charge in [-0.25, -0.2) is 25.9 Å². The Kier molecular flexibility index (Phi) is 3.72. The summed E-state index contributed by atoms with van der Waals surface area (Å²) in [5.41, 5.74) is 0. The Morgan fingerprint density at radius 2 is 1.86 bits per heavy atom. The van der Waals surface area contributed by atoms with Crippen LogP contribution in [-0.4, -0.2) is 33.3 Å². The second-order valence-electron chi connectivity index (χ2n) is 4.10. The number of nitrogens with one attached hydrogen (secondary N) is 1. The van der Waals surface area contributed by atoms with Gasteiger partial charge >= 0.3 is 6.01 Å². The van der Waals surface area contributed by atoms with Gasteiger partial charge in [-0.2, -0.15) is 0 Å². The molecule has 0 saturated carbocycles. The van der Waals surface area contributed by atoms with Gasteiger partial charge in [0.2, 0.25) is 5.89 Å². The molecular weight excluding hydrogens is 325 g/mol. The highest BCUT2D eigenvalue weighted by molar-refractivity contribution is 7.93. The van der Waals surface area contributed by atoms with Crippen molar-refractivity contribution in [3.05, 3.63) is 29.9 Å². The summed E-state index contributed by atoms with van der Waals surface area (Å²) in [7, 11) is -8.08. The smallest absolute Gasteiger partial charge is 0.329 e. The zero-order valence-electron chi connectivity index (χ0n) is 10.9. The van der Waals surface area contributed by atoms with Crippen LogP contribution in [0.25, 0.3) is 0 Å². The number of aryl methyl sites for hydroxylation is 1. The minimum atomic E-state index is -4.40. The molecule has 0 radical (unpaired) electrons. The molecule has 0 aliphatic carbocycles. The lowest BCUT2D eigenvalue weighted by molar-refractivity contribution is 0.532. The van der Waals surface area contributed by atoms with Crippen molar-refractivity contribution < 1.29 is 25.6 Å². The summed E-state index contributed by atoms with van der Waals surface area (Å²) in [6, 6.07) is 2.00. The summed E-state index contributed by atoms with van der Waals surface area (Å²) < 4.78 is 67.3. The second kappa shape index (κ2) is 5.07. The van der Waals surface area contributed by atoms with E-state index in [-0.39, 0.29) is 10.8 Å². The van der Waals surface area contributed by atoms with Gasteiger partial charge in [-0.3, -0.25) is 0 Å². The Morgan fingerprint density at radius 3 is 2.38 bits per heavy atom. The van der Waals surface area contributed by atoms with E-state index in [9.17, 15) is 21.2 Å². The Morgan fingerprint density at radius 1 is 1.19 bits per heavy atom. The highest BCUT2D eigenvalue weighted by atomic mass is 32.2. The van der Waals surface area contributed by atoms with Gasteiger partial charge in [-0.15, -0.1) is 5.10 Å². The molecule has 0 atom stereocenters. The normalized spacial score (nSPS) is 12.3. The minimum absolute atomic E-state index is 0.109. The van der Waals surface area contributed by atoms with Crippen molar-refractivity contribution in [1.29, 1.82) is 0 Å². The van der Waals surface area contributed by atoms with Crippen LogP contribution in [-0.2, 0) is 19.9 Å². The fraction of sp³-hybridized carbons (Fsp3) is 0.200. The molecule has 2 aromatic rings. The number of halogens is 1. The van der Waals surface area contributed by atoms with Crippen LogP contribution in [0.2, 0.25) is 0 Å². The van der Waals surface area contributed by atoms with Crippen LogP contribution in [0, 0.1) is 12.7 Å². The number of hydrogen-bond donors (Lipinski definition) is 1. The van der Waals surface area contributed by atoms with E-state index in [1.165, 1.54) is 6.92 Å². The molecule has 1 aromatic carbocycles. The average Bonchev–Trinajstić information content (AvgIpc) is 2.72. The molecule has 0 fully saturated rings. The van der Waals surface area contributed by atoms with E-state index < -0.39 is 36.6 Å². The number of hydrogen-bond acceptors (Lipinski definition) is 7. The predicted octanol–water partition coefficient (Wildman–Crippen LogP) is 0.721. The fourth-order valence-corrected chi connectivity index (χ4v) is 3.18. The topological polar surface area (TPSA) is 119 Å². The molecule has 2 rings (SSSR count). The first-order chi connectivity index (χ1) is 9.59. The largest absolute Gasteiger partial charge is 0.408 e. The van der Waals surface area contributed by atoms with Crippen molar-refractivity contribution in [2.45, 2.75) is 16.7 Å². The van der Waals surface area contributed by atoms with Crippen LogP contribution < -0.4 is 4.72 Å². The van der Waals surface area contributed by atoms with Crippen molar-refractivity contribution >= 4 is 25.9 Å². The minimum Gasteiger partial charge on any atom is -0.408 e. The molecule has 0 amide bonds. The molecule has 114 valence electrons. The van der Waals surface area contributed by atoms with Crippen molar-refractivity contribution in [2.75, 3.05) is 11.0 Å². The van der Waals surface area contributed by atoms with Crippen LogP contribution in [0.4, 0.5) is 10.4 Å². The van der Waals surface area contributed by atoms with E-state index in [0.29, 0.717) is 0 Å². The number of nitrogens with zero attached hydrogens (tertiary/aromatic N) is 2. The standard InChI is InChI=1S/C10H10FN3O5S2/c1-6-12-13-10(19-6)14-21(17,18)9-5-7(20(2,15)16)3-4-8(9)11/h3-5H,1-2H3,(H,13,14). The van der Waals surface area contributed by atoms with Gasteiger partial charge in [-0.1, -0.05) is 5.10 Å². The fourth-order valence-electron chi connectivity index (χ4n) is 1.43. The average molecular weight is 335 g/mol. The first-order valence-corrected chi connectivity index (χ1v) is 8.79. The molecule has 0 saturated heterocycles. The molecule has 8 nitrogen and oxygen atoms in total. The van der Waals surface area contributed by atoms with E-state index in [1.807, 2.05) is 4.72 Å². The first-order valence-electron chi connectivity index (χ1n) is 5.42. The van der Waals surface area contributed by atoms with Crippen LogP contribution >= 0.6 is 0 Å². The van der Waals surface area contributed by atoms with Gasteiger partial charge in [0, 0.05) is 13.2 Å². The Balaban J connectivity index is 2.49. The SMILES string of the molecule is Cc1nnc(NS(=O)(=O)c2cc(S(C)(=O)=O)ccc2F)o1. The van der Waals surface area contributed by atoms with Crippen LogP contribution in [0.1, 0.15) is 5.89 Å². The lowest BCUT2D eigenvalue weighted by Crippen LogP contribution is -2.15. The Labute approximate surface area is 120 Å². The zero-order chi connectivity index (χ0) is 15.8. The summed E-state index contributed by atoms with van der Waals surface area (Å²) in [5.74, 6) is -0.996. The maximum absolute atomic E-state index is 13.7. The van der Waals surface area contributed by atoms with E-state index in [1.54, 1.807) is 0 Å². The number of sulfonamides is 1. The Bertz CT molecular complexity index is 889. The molecule has 1 aromatic heterocycles. The van der Waals surface area contributed by atoms with Gasteiger partial charge in [0.25, 0.3) is 10.0 Å². The van der Waals surface area contributed by atoms with E-state index >= 15 is 0 Å². The molecule has 11 heteroatoms. The highest BCUT2D eigenvalue weighted by Gasteiger charge is 2.23. The molecule has 0 aliphatic heterocycles. The highest BCUT2D eigenvalue weighted by Crippen LogP contribution is 2.21. The van der Waals surface area contributed by atoms with E-state index in [0.717, 1.165) is 24.5 Å². The summed E-state index contributed by atoms with van der Waals surface area (Å²) in [4.78, 5) is -1.16. The molecule has 0 bridgehead atoms. The number of rotatable bonds is 4. The maximum atomic E-state index is 13.7. The quantitative estimate of drug-likeness (QED) is 0.818. The number of sulfone groups is 1. The lowest BCUT2D eigenvalue weighted by Gasteiger charge is -2.07. The molecular formula is C10H10FN3O5S2. The summed E-state index contributed by atoms with van der Waals surface area (Å²) in [5, 5.41) is 6.82. The molecule has 0 spiro atoms. The summed E-state index contributed by atoms with van der Waals surface area (Å²) in [6.45, 7) is 1.44. The van der Waals surface area contributed by atoms with Gasteiger partial charge in [-0.05, 0) is 18.2 Å². The zero-order valence-corrected chi connectivity index (χ0v) is 12.5. The van der Waals surface area contributed by atoms with Crippen LogP contribution in [0.5, 0.6) is 0 Å². The van der Waals surface area contributed by atoms with Gasteiger partial charge in [0.05, 0.1) is 4.90 Å². The molecule has 0 unspecified atom stereocenters. The third-order valence-electron chi connectivity index (χ3n) is 2.37. The number of benzene rings is 1. The van der Waals surface area contributed by atoms with Crippen molar-refractivity contribution in [2.24, 2.45) is 0 Å². The van der Waals surface area contributed by atoms with Crippen LogP contribution in [0.3, 0.4) is 0 Å². The molecule has 0 aliphatic rings. The van der Waals surface area contributed by atoms with Crippen molar-refractivity contribution in [1.82, 2.24) is 10.2 Å².